The quantitative estimate of drug-likeness (QED) is 0.928. The van der Waals surface area contributed by atoms with Gasteiger partial charge in [-0.2, -0.15) is 0 Å². The lowest BCUT2D eigenvalue weighted by molar-refractivity contribution is -0.145. The van der Waals surface area contributed by atoms with Crippen LogP contribution in [0.25, 0.3) is 0 Å². The number of hydrogen-bond donors (Lipinski definition) is 1. The molecular formula is C15H20ClNO3. The fraction of sp³-hybridized carbons (Fsp3) is 0.533. The third kappa shape index (κ3) is 3.25. The first-order valence-electron chi connectivity index (χ1n) is 6.91. The predicted molar refractivity (Wildman–Crippen MR) is 78.7 cm³/mol. The molecule has 5 heteroatoms. The topological polar surface area (TPSA) is 49.8 Å². The van der Waals surface area contributed by atoms with Gasteiger partial charge in [-0.25, -0.2) is 4.79 Å². The highest BCUT2D eigenvalue weighted by atomic mass is 35.5. The molecule has 1 N–H and O–H groups in total. The third-order valence-corrected chi connectivity index (χ3v) is 4.09. The Hall–Kier alpha value is -1.26. The zero-order valence-electron chi connectivity index (χ0n) is 11.9. The molecule has 2 rings (SSSR count). The Morgan fingerprint density at radius 2 is 2.05 bits per heavy atom. The monoisotopic (exact) mass is 297 g/mol. The Morgan fingerprint density at radius 3 is 2.65 bits per heavy atom. The van der Waals surface area contributed by atoms with E-state index in [1.807, 2.05) is 0 Å². The summed E-state index contributed by atoms with van der Waals surface area (Å²) in [6.07, 6.45) is 1.33. The zero-order chi connectivity index (χ0) is 14.7. The Morgan fingerprint density at radius 1 is 1.40 bits per heavy atom. The number of carboxylic acid groups (broad SMARTS) is 1. The van der Waals surface area contributed by atoms with E-state index in [4.69, 9.17) is 21.4 Å². The molecule has 1 aromatic carbocycles. The van der Waals surface area contributed by atoms with Crippen LogP contribution >= 0.6 is 11.6 Å². The predicted octanol–water partition coefficient (Wildman–Crippen LogP) is 2.61. The van der Waals surface area contributed by atoms with Crippen molar-refractivity contribution in [2.45, 2.75) is 32.3 Å². The SMILES string of the molecule is CCC(Oc1ccc(Cl)c2c1CCN(C)CC2)C(=O)O. The largest absolute Gasteiger partial charge is 0.479 e. The van der Waals surface area contributed by atoms with Crippen LogP contribution in [-0.2, 0) is 17.6 Å². The second-order valence-corrected chi connectivity index (χ2v) is 5.57. The van der Waals surface area contributed by atoms with Crippen LogP contribution in [0.15, 0.2) is 12.1 Å². The number of ether oxygens (including phenoxy) is 1. The molecule has 1 unspecified atom stereocenters. The maximum atomic E-state index is 11.1. The van der Waals surface area contributed by atoms with Gasteiger partial charge in [0.05, 0.1) is 0 Å². The van der Waals surface area contributed by atoms with Gasteiger partial charge in [-0.05, 0) is 44.0 Å². The molecule has 1 aliphatic heterocycles. The molecule has 0 fully saturated rings. The number of benzene rings is 1. The van der Waals surface area contributed by atoms with Crippen LogP contribution in [0.4, 0.5) is 0 Å². The summed E-state index contributed by atoms with van der Waals surface area (Å²) in [5.41, 5.74) is 2.15. The number of likely N-dealkylation sites (N-methyl/N-ethyl adjacent to an activating group) is 1. The molecule has 0 aliphatic carbocycles. The van der Waals surface area contributed by atoms with Gasteiger partial charge < -0.3 is 14.7 Å². The van der Waals surface area contributed by atoms with Crippen LogP contribution in [-0.4, -0.2) is 42.2 Å². The Balaban J connectivity index is 2.33. The molecule has 1 heterocycles. The lowest BCUT2D eigenvalue weighted by Gasteiger charge is -2.18. The minimum atomic E-state index is -0.929. The van der Waals surface area contributed by atoms with Crippen molar-refractivity contribution in [3.8, 4) is 5.75 Å². The first-order valence-corrected chi connectivity index (χ1v) is 7.29. The van der Waals surface area contributed by atoms with Gasteiger partial charge in [0.15, 0.2) is 6.10 Å². The highest BCUT2D eigenvalue weighted by Crippen LogP contribution is 2.32. The number of carboxylic acids is 1. The van der Waals surface area contributed by atoms with E-state index in [0.717, 1.165) is 42.1 Å². The number of halogens is 1. The van der Waals surface area contributed by atoms with Gasteiger partial charge in [-0.15, -0.1) is 0 Å². The molecule has 1 aliphatic rings. The lowest BCUT2D eigenvalue weighted by atomic mass is 10.0. The molecule has 0 amide bonds. The molecule has 0 bridgehead atoms. The standard InChI is InChI=1S/C15H20ClNO3/c1-3-13(15(18)19)20-14-5-4-12(16)10-6-8-17(2)9-7-11(10)14/h4-5,13H,3,6-9H2,1-2H3,(H,18,19). The highest BCUT2D eigenvalue weighted by Gasteiger charge is 2.22. The van der Waals surface area contributed by atoms with Crippen LogP contribution in [0.1, 0.15) is 24.5 Å². The molecule has 4 nitrogen and oxygen atoms in total. The van der Waals surface area contributed by atoms with E-state index in [9.17, 15) is 4.79 Å². The summed E-state index contributed by atoms with van der Waals surface area (Å²) in [4.78, 5) is 13.4. The van der Waals surface area contributed by atoms with Crippen LogP contribution in [0, 0.1) is 0 Å². The molecular weight excluding hydrogens is 278 g/mol. The Kier molecular flexibility index (Phi) is 4.89. The normalized spacial score (nSPS) is 17.1. The highest BCUT2D eigenvalue weighted by molar-refractivity contribution is 6.31. The fourth-order valence-electron chi connectivity index (χ4n) is 2.48. The maximum absolute atomic E-state index is 11.1. The van der Waals surface area contributed by atoms with Gasteiger partial charge in [0.1, 0.15) is 5.75 Å². The molecule has 0 radical (unpaired) electrons. The van der Waals surface area contributed by atoms with E-state index in [-0.39, 0.29) is 0 Å². The van der Waals surface area contributed by atoms with Gasteiger partial charge in [-0.1, -0.05) is 18.5 Å². The number of rotatable bonds is 4. The van der Waals surface area contributed by atoms with Gasteiger partial charge in [0.2, 0.25) is 0 Å². The minimum absolute atomic E-state index is 0.437. The number of fused-ring (bicyclic) bond motifs is 1. The smallest absolute Gasteiger partial charge is 0.344 e. The van der Waals surface area contributed by atoms with Crippen molar-refractivity contribution in [2.24, 2.45) is 0 Å². The van der Waals surface area contributed by atoms with Crippen LogP contribution in [0.2, 0.25) is 5.02 Å². The third-order valence-electron chi connectivity index (χ3n) is 3.73. The van der Waals surface area contributed by atoms with Gasteiger partial charge in [0, 0.05) is 23.7 Å². The van der Waals surface area contributed by atoms with Crippen molar-refractivity contribution >= 4 is 17.6 Å². The second kappa shape index (κ2) is 6.46. The average molecular weight is 298 g/mol. The van der Waals surface area contributed by atoms with E-state index in [0.29, 0.717) is 12.2 Å². The summed E-state index contributed by atoms with van der Waals surface area (Å²) in [6, 6.07) is 3.59. The first-order chi connectivity index (χ1) is 9.52. The zero-order valence-corrected chi connectivity index (χ0v) is 12.6. The number of aliphatic carboxylic acids is 1. The van der Waals surface area contributed by atoms with Crippen molar-refractivity contribution in [1.82, 2.24) is 4.90 Å². The van der Waals surface area contributed by atoms with Crippen molar-refractivity contribution in [3.05, 3.63) is 28.3 Å². The fourth-order valence-corrected chi connectivity index (χ4v) is 2.75. The minimum Gasteiger partial charge on any atom is -0.479 e. The van der Waals surface area contributed by atoms with Crippen LogP contribution in [0.3, 0.4) is 0 Å². The molecule has 0 saturated heterocycles. The molecule has 20 heavy (non-hydrogen) atoms. The maximum Gasteiger partial charge on any atom is 0.344 e. The average Bonchev–Trinajstić information content (AvgIpc) is 2.61. The number of hydrogen-bond acceptors (Lipinski definition) is 3. The number of carbonyl (C=O) groups is 1. The summed E-state index contributed by atoms with van der Waals surface area (Å²) < 4.78 is 5.69. The van der Waals surface area contributed by atoms with Crippen molar-refractivity contribution in [3.63, 3.8) is 0 Å². The summed E-state index contributed by atoms with van der Waals surface area (Å²) in [6.45, 7) is 3.68. The van der Waals surface area contributed by atoms with Crippen LogP contribution < -0.4 is 4.74 Å². The van der Waals surface area contributed by atoms with Crippen molar-refractivity contribution in [1.29, 1.82) is 0 Å². The van der Waals surface area contributed by atoms with Gasteiger partial charge in [0.25, 0.3) is 0 Å². The van der Waals surface area contributed by atoms with E-state index in [1.165, 1.54) is 0 Å². The van der Waals surface area contributed by atoms with Crippen molar-refractivity contribution in [2.75, 3.05) is 20.1 Å². The van der Waals surface area contributed by atoms with E-state index >= 15 is 0 Å². The van der Waals surface area contributed by atoms with E-state index in [2.05, 4.69) is 11.9 Å². The Labute approximate surface area is 124 Å². The van der Waals surface area contributed by atoms with E-state index in [1.54, 1.807) is 19.1 Å². The van der Waals surface area contributed by atoms with Gasteiger partial charge in [-0.3, -0.25) is 0 Å². The molecule has 0 spiro atoms. The summed E-state index contributed by atoms with van der Waals surface area (Å²) in [5, 5.41) is 9.87. The lowest BCUT2D eigenvalue weighted by Crippen LogP contribution is -2.26. The summed E-state index contributed by atoms with van der Waals surface area (Å²) >= 11 is 6.28. The summed E-state index contributed by atoms with van der Waals surface area (Å²) in [5.74, 6) is -0.268. The second-order valence-electron chi connectivity index (χ2n) is 5.16. The first kappa shape index (κ1) is 15.1. The summed E-state index contributed by atoms with van der Waals surface area (Å²) in [7, 11) is 2.08. The molecule has 1 atom stereocenters. The number of nitrogens with zero attached hydrogens (tertiary/aromatic N) is 1. The molecule has 0 aromatic heterocycles. The molecule has 1 aromatic rings. The van der Waals surface area contributed by atoms with E-state index < -0.39 is 12.1 Å². The Bertz CT molecular complexity index is 504. The van der Waals surface area contributed by atoms with Gasteiger partial charge >= 0.3 is 5.97 Å². The molecule has 110 valence electrons. The van der Waals surface area contributed by atoms with Crippen LogP contribution in [0.5, 0.6) is 5.75 Å². The molecule has 0 saturated carbocycles. The van der Waals surface area contributed by atoms with Crippen molar-refractivity contribution < 1.29 is 14.6 Å².